The maximum Gasteiger partial charge on any atom is 0.231 e. The maximum atomic E-state index is 13.4. The first-order valence-electron chi connectivity index (χ1n) is 5.80. The van der Waals surface area contributed by atoms with E-state index in [2.05, 4.69) is 21.2 Å². The first-order valence-corrected chi connectivity index (χ1v) is 6.59. The highest BCUT2D eigenvalue weighted by atomic mass is 79.9. The quantitative estimate of drug-likeness (QED) is 0.928. The molecular weight excluding hydrogens is 313 g/mol. The smallest absolute Gasteiger partial charge is 0.231 e. The SMILES string of the molecule is Fc1cc(CNc2ccc3c(c2)OCO3)ccc1Br. The van der Waals surface area contributed by atoms with Gasteiger partial charge in [-0.15, -0.1) is 0 Å². The normalized spacial score (nSPS) is 12.5. The van der Waals surface area contributed by atoms with Gasteiger partial charge >= 0.3 is 0 Å². The summed E-state index contributed by atoms with van der Waals surface area (Å²) in [5.74, 6) is 1.22. The van der Waals surface area contributed by atoms with E-state index in [-0.39, 0.29) is 12.6 Å². The zero-order valence-electron chi connectivity index (χ0n) is 9.95. The molecule has 0 aromatic heterocycles. The molecule has 0 aliphatic carbocycles. The third kappa shape index (κ3) is 2.66. The molecule has 0 saturated carbocycles. The Kier molecular flexibility index (Phi) is 3.29. The minimum Gasteiger partial charge on any atom is -0.454 e. The van der Waals surface area contributed by atoms with Gasteiger partial charge in [-0.3, -0.25) is 0 Å². The van der Waals surface area contributed by atoms with Crippen molar-refractivity contribution in [2.45, 2.75) is 6.54 Å². The van der Waals surface area contributed by atoms with Gasteiger partial charge in [0, 0.05) is 18.3 Å². The Balaban J connectivity index is 1.70. The lowest BCUT2D eigenvalue weighted by atomic mass is 10.2. The fraction of sp³-hybridized carbons (Fsp3) is 0.143. The van der Waals surface area contributed by atoms with E-state index in [1.54, 1.807) is 6.07 Å². The van der Waals surface area contributed by atoms with Crippen LogP contribution in [-0.2, 0) is 6.54 Å². The lowest BCUT2D eigenvalue weighted by Gasteiger charge is -2.08. The lowest BCUT2D eigenvalue weighted by molar-refractivity contribution is 0.174. The number of fused-ring (bicyclic) bond motifs is 1. The zero-order valence-corrected chi connectivity index (χ0v) is 11.5. The average Bonchev–Trinajstić information content (AvgIpc) is 2.87. The second-order valence-electron chi connectivity index (χ2n) is 4.17. The molecule has 3 nitrogen and oxygen atoms in total. The Bertz CT molecular complexity index is 618. The third-order valence-electron chi connectivity index (χ3n) is 2.85. The summed E-state index contributed by atoms with van der Waals surface area (Å²) < 4.78 is 24.4. The van der Waals surface area contributed by atoms with Crippen LogP contribution in [0.3, 0.4) is 0 Å². The van der Waals surface area contributed by atoms with Crippen molar-refractivity contribution in [2.24, 2.45) is 0 Å². The van der Waals surface area contributed by atoms with Gasteiger partial charge in [-0.25, -0.2) is 4.39 Å². The molecule has 0 saturated heterocycles. The van der Waals surface area contributed by atoms with Gasteiger partial charge in [0.15, 0.2) is 11.5 Å². The number of nitrogens with one attached hydrogen (secondary N) is 1. The predicted octanol–water partition coefficient (Wildman–Crippen LogP) is 3.93. The van der Waals surface area contributed by atoms with Gasteiger partial charge in [-0.1, -0.05) is 6.07 Å². The van der Waals surface area contributed by atoms with Gasteiger partial charge in [-0.05, 0) is 45.8 Å². The van der Waals surface area contributed by atoms with Crippen LogP contribution in [0.4, 0.5) is 10.1 Å². The van der Waals surface area contributed by atoms with Crippen LogP contribution in [0.15, 0.2) is 40.9 Å². The number of anilines is 1. The Morgan fingerprint density at radius 3 is 2.79 bits per heavy atom. The molecule has 0 atom stereocenters. The van der Waals surface area contributed by atoms with Crippen LogP contribution in [0, 0.1) is 5.82 Å². The van der Waals surface area contributed by atoms with E-state index in [0.717, 1.165) is 22.7 Å². The fourth-order valence-corrected chi connectivity index (χ4v) is 2.11. The minimum atomic E-state index is -0.259. The summed E-state index contributed by atoms with van der Waals surface area (Å²) in [5, 5.41) is 3.22. The third-order valence-corrected chi connectivity index (χ3v) is 3.50. The van der Waals surface area contributed by atoms with E-state index in [1.807, 2.05) is 24.3 Å². The second-order valence-corrected chi connectivity index (χ2v) is 5.02. The standard InChI is InChI=1S/C14H11BrFNO2/c15-11-3-1-9(5-12(11)16)7-17-10-2-4-13-14(6-10)19-8-18-13/h1-6,17H,7-8H2. The van der Waals surface area contributed by atoms with E-state index in [1.165, 1.54) is 6.07 Å². The molecule has 1 heterocycles. The fourth-order valence-electron chi connectivity index (χ4n) is 1.86. The van der Waals surface area contributed by atoms with Crippen molar-refractivity contribution in [1.29, 1.82) is 0 Å². The van der Waals surface area contributed by atoms with Crippen molar-refractivity contribution >= 4 is 21.6 Å². The highest BCUT2D eigenvalue weighted by Gasteiger charge is 2.12. The first kappa shape index (κ1) is 12.3. The number of benzene rings is 2. The van der Waals surface area contributed by atoms with Crippen LogP contribution in [0.5, 0.6) is 11.5 Å². The zero-order chi connectivity index (χ0) is 13.2. The lowest BCUT2D eigenvalue weighted by Crippen LogP contribution is -1.99. The summed E-state index contributed by atoms with van der Waals surface area (Å²) in [6.45, 7) is 0.806. The van der Waals surface area contributed by atoms with Crippen molar-refractivity contribution < 1.29 is 13.9 Å². The molecule has 1 aliphatic heterocycles. The van der Waals surface area contributed by atoms with Crippen LogP contribution >= 0.6 is 15.9 Å². The van der Waals surface area contributed by atoms with E-state index < -0.39 is 0 Å². The van der Waals surface area contributed by atoms with Crippen LogP contribution in [0.1, 0.15) is 5.56 Å². The van der Waals surface area contributed by atoms with E-state index in [4.69, 9.17) is 9.47 Å². The molecule has 3 rings (SSSR count). The number of ether oxygens (including phenoxy) is 2. The Hall–Kier alpha value is -1.75. The number of halogens is 2. The summed E-state index contributed by atoms with van der Waals surface area (Å²) in [4.78, 5) is 0. The van der Waals surface area contributed by atoms with E-state index in [9.17, 15) is 4.39 Å². The molecule has 0 fully saturated rings. The van der Waals surface area contributed by atoms with Crippen molar-refractivity contribution in [3.63, 3.8) is 0 Å². The molecule has 2 aromatic rings. The number of rotatable bonds is 3. The molecule has 1 aliphatic rings. The molecule has 2 aromatic carbocycles. The van der Waals surface area contributed by atoms with Crippen molar-refractivity contribution in [2.75, 3.05) is 12.1 Å². The molecule has 0 unspecified atom stereocenters. The van der Waals surface area contributed by atoms with Crippen LogP contribution in [0.25, 0.3) is 0 Å². The summed E-state index contributed by atoms with van der Waals surface area (Å²) in [5.41, 5.74) is 1.78. The molecule has 19 heavy (non-hydrogen) atoms. The van der Waals surface area contributed by atoms with E-state index >= 15 is 0 Å². The summed E-state index contributed by atoms with van der Waals surface area (Å²) >= 11 is 3.13. The highest BCUT2D eigenvalue weighted by Crippen LogP contribution is 2.34. The first-order chi connectivity index (χ1) is 9.22. The van der Waals surface area contributed by atoms with Crippen LogP contribution in [0.2, 0.25) is 0 Å². The largest absolute Gasteiger partial charge is 0.454 e. The molecule has 1 N–H and O–H groups in total. The van der Waals surface area contributed by atoms with Gasteiger partial charge < -0.3 is 14.8 Å². The van der Waals surface area contributed by atoms with Crippen LogP contribution < -0.4 is 14.8 Å². The van der Waals surface area contributed by atoms with Crippen LogP contribution in [-0.4, -0.2) is 6.79 Å². The van der Waals surface area contributed by atoms with Gasteiger partial charge in [0.05, 0.1) is 4.47 Å². The predicted molar refractivity (Wildman–Crippen MR) is 74.0 cm³/mol. The molecule has 0 spiro atoms. The molecular formula is C14H11BrFNO2. The molecule has 0 bridgehead atoms. The summed E-state index contributed by atoms with van der Waals surface area (Å²) in [7, 11) is 0. The van der Waals surface area contributed by atoms with E-state index in [0.29, 0.717) is 11.0 Å². The van der Waals surface area contributed by atoms with Gasteiger partial charge in [0.1, 0.15) is 5.82 Å². The Morgan fingerprint density at radius 2 is 1.95 bits per heavy atom. The van der Waals surface area contributed by atoms with Gasteiger partial charge in [0.2, 0.25) is 6.79 Å². The summed E-state index contributed by atoms with van der Waals surface area (Å²) in [6.07, 6.45) is 0. The second kappa shape index (κ2) is 5.09. The average molecular weight is 324 g/mol. The number of hydrogen-bond acceptors (Lipinski definition) is 3. The van der Waals surface area contributed by atoms with Crippen molar-refractivity contribution in [1.82, 2.24) is 0 Å². The molecule has 5 heteroatoms. The molecule has 98 valence electrons. The monoisotopic (exact) mass is 323 g/mol. The Morgan fingerprint density at radius 1 is 1.11 bits per heavy atom. The molecule has 0 amide bonds. The summed E-state index contributed by atoms with van der Waals surface area (Å²) in [6, 6.07) is 10.7. The topological polar surface area (TPSA) is 30.5 Å². The maximum absolute atomic E-state index is 13.4. The van der Waals surface area contributed by atoms with Crippen molar-refractivity contribution in [3.05, 3.63) is 52.3 Å². The minimum absolute atomic E-state index is 0.259. The van der Waals surface area contributed by atoms with Crippen molar-refractivity contribution in [3.8, 4) is 11.5 Å². The van der Waals surface area contributed by atoms with Gasteiger partial charge in [-0.2, -0.15) is 0 Å². The highest BCUT2D eigenvalue weighted by molar-refractivity contribution is 9.10. The Labute approximate surface area is 118 Å². The van der Waals surface area contributed by atoms with Gasteiger partial charge in [0.25, 0.3) is 0 Å². The molecule has 0 radical (unpaired) electrons. The number of hydrogen-bond donors (Lipinski definition) is 1.